The van der Waals surface area contributed by atoms with Gasteiger partial charge in [-0.2, -0.15) is 0 Å². The van der Waals surface area contributed by atoms with Crippen LogP contribution >= 0.6 is 0 Å². The number of primary sulfonamides is 1. The average molecular weight is 384 g/mol. The van der Waals surface area contributed by atoms with Gasteiger partial charge < -0.3 is 10.6 Å². The molecule has 0 amide bonds. The van der Waals surface area contributed by atoms with Gasteiger partial charge in [0, 0.05) is 31.7 Å². The first-order chi connectivity index (χ1) is 12.1. The molecule has 7 nitrogen and oxygen atoms in total. The summed E-state index contributed by atoms with van der Waals surface area (Å²) in [4.78, 5) is 7.05. The van der Waals surface area contributed by atoms with E-state index in [1.54, 1.807) is 12.1 Å². The molecule has 8 heteroatoms. The molecule has 0 radical (unpaired) electrons. The van der Waals surface area contributed by atoms with Gasteiger partial charge in [0.2, 0.25) is 10.0 Å². The van der Waals surface area contributed by atoms with Crippen LogP contribution in [0.5, 0.6) is 0 Å². The summed E-state index contributed by atoms with van der Waals surface area (Å²) in [6, 6.07) is 7.52. The molecular weight excluding hydrogens is 350 g/mol. The maximum atomic E-state index is 11.5. The molecule has 0 bridgehead atoms. The lowest BCUT2D eigenvalue weighted by Crippen LogP contribution is -2.45. The zero-order chi connectivity index (χ0) is 19.7. The molecule has 0 aliphatic heterocycles. The van der Waals surface area contributed by atoms with Crippen LogP contribution in [0.1, 0.15) is 40.2 Å². The largest absolute Gasteiger partial charge is 0.357 e. The molecule has 148 valence electrons. The summed E-state index contributed by atoms with van der Waals surface area (Å²) in [5.74, 6) is 0.709. The summed E-state index contributed by atoms with van der Waals surface area (Å²) in [7, 11) is -3.70. The standard InChI is InChI=1S/C18H33N5O2S/c1-6-20-18(21-10-11-23(14(2)3)15(4)5)22-13-16-8-7-9-17(12-16)26(19,24)25/h7-9,12,14-15H,6,10-11,13H2,1-5H3,(H2,19,24,25)(H2,20,21,22). The number of hydrogen-bond acceptors (Lipinski definition) is 4. The van der Waals surface area contributed by atoms with Crippen LogP contribution in [-0.4, -0.2) is 51.0 Å². The van der Waals surface area contributed by atoms with Crippen molar-refractivity contribution in [2.24, 2.45) is 10.1 Å². The van der Waals surface area contributed by atoms with E-state index in [2.05, 4.69) is 48.2 Å². The normalized spacial score (nSPS) is 12.9. The Bertz CT molecular complexity index is 679. The topological polar surface area (TPSA) is 99.8 Å². The first kappa shape index (κ1) is 22.4. The summed E-state index contributed by atoms with van der Waals surface area (Å²) in [5, 5.41) is 11.7. The second kappa shape index (κ2) is 10.5. The highest BCUT2D eigenvalue weighted by molar-refractivity contribution is 7.89. The van der Waals surface area contributed by atoms with Crippen molar-refractivity contribution in [1.82, 2.24) is 15.5 Å². The second-order valence-corrected chi connectivity index (χ2v) is 8.30. The molecule has 26 heavy (non-hydrogen) atoms. The number of benzene rings is 1. The van der Waals surface area contributed by atoms with E-state index in [-0.39, 0.29) is 4.90 Å². The van der Waals surface area contributed by atoms with Gasteiger partial charge in [0.05, 0.1) is 11.4 Å². The van der Waals surface area contributed by atoms with Crippen LogP contribution in [0, 0.1) is 0 Å². The summed E-state index contributed by atoms with van der Waals surface area (Å²) < 4.78 is 22.9. The van der Waals surface area contributed by atoms with Gasteiger partial charge in [-0.25, -0.2) is 18.5 Å². The van der Waals surface area contributed by atoms with E-state index >= 15 is 0 Å². The van der Waals surface area contributed by atoms with Crippen LogP contribution in [-0.2, 0) is 16.6 Å². The van der Waals surface area contributed by atoms with Gasteiger partial charge in [-0.3, -0.25) is 4.90 Å². The van der Waals surface area contributed by atoms with Crippen LogP contribution in [0.15, 0.2) is 34.2 Å². The number of guanidine groups is 1. The summed E-state index contributed by atoms with van der Waals surface area (Å²) >= 11 is 0. The summed E-state index contributed by atoms with van der Waals surface area (Å²) in [6.07, 6.45) is 0. The summed E-state index contributed by atoms with van der Waals surface area (Å²) in [6.45, 7) is 13.6. The van der Waals surface area contributed by atoms with Crippen molar-refractivity contribution in [1.29, 1.82) is 0 Å². The maximum Gasteiger partial charge on any atom is 0.238 e. The van der Waals surface area contributed by atoms with E-state index in [1.165, 1.54) is 6.07 Å². The summed E-state index contributed by atoms with van der Waals surface area (Å²) in [5.41, 5.74) is 0.791. The fourth-order valence-corrected chi connectivity index (χ4v) is 3.33. The number of nitrogens with zero attached hydrogens (tertiary/aromatic N) is 2. The SMILES string of the molecule is CCNC(=NCc1cccc(S(N)(=O)=O)c1)NCCN(C(C)C)C(C)C. The van der Waals surface area contributed by atoms with Crippen LogP contribution < -0.4 is 15.8 Å². The molecule has 0 saturated heterocycles. The minimum absolute atomic E-state index is 0.104. The van der Waals surface area contributed by atoms with Crippen molar-refractivity contribution >= 4 is 16.0 Å². The van der Waals surface area contributed by atoms with E-state index < -0.39 is 10.0 Å². The number of sulfonamides is 1. The fourth-order valence-electron chi connectivity index (χ4n) is 2.75. The van der Waals surface area contributed by atoms with Crippen molar-refractivity contribution in [2.45, 2.75) is 58.1 Å². The van der Waals surface area contributed by atoms with Crippen molar-refractivity contribution in [2.75, 3.05) is 19.6 Å². The van der Waals surface area contributed by atoms with Crippen LogP contribution in [0.4, 0.5) is 0 Å². The van der Waals surface area contributed by atoms with Crippen molar-refractivity contribution in [3.05, 3.63) is 29.8 Å². The molecule has 0 spiro atoms. The van der Waals surface area contributed by atoms with Gasteiger partial charge in [-0.05, 0) is 52.3 Å². The Morgan fingerprint density at radius 1 is 1.19 bits per heavy atom. The number of nitrogens with one attached hydrogen (secondary N) is 2. The Morgan fingerprint density at radius 2 is 1.85 bits per heavy atom. The first-order valence-corrected chi connectivity index (χ1v) is 10.6. The van der Waals surface area contributed by atoms with Gasteiger partial charge in [0.25, 0.3) is 0 Å². The van der Waals surface area contributed by atoms with Gasteiger partial charge in [-0.15, -0.1) is 0 Å². The number of aliphatic imine (C=N–C) groups is 1. The van der Waals surface area contributed by atoms with Crippen molar-refractivity contribution < 1.29 is 8.42 Å². The number of rotatable bonds is 9. The highest BCUT2D eigenvalue weighted by atomic mass is 32.2. The third-order valence-corrected chi connectivity index (χ3v) is 4.89. The number of hydrogen-bond donors (Lipinski definition) is 3. The van der Waals surface area contributed by atoms with E-state index in [4.69, 9.17) is 5.14 Å². The lowest BCUT2D eigenvalue weighted by Gasteiger charge is -2.30. The lowest BCUT2D eigenvalue weighted by molar-refractivity contribution is 0.178. The molecule has 4 N–H and O–H groups in total. The Kier molecular flexibility index (Phi) is 9.04. The smallest absolute Gasteiger partial charge is 0.238 e. The Labute approximate surface area is 158 Å². The average Bonchev–Trinajstić information content (AvgIpc) is 2.55. The maximum absolute atomic E-state index is 11.5. The number of nitrogens with two attached hydrogens (primary N) is 1. The fraction of sp³-hybridized carbons (Fsp3) is 0.611. The molecule has 0 fully saturated rings. The zero-order valence-electron chi connectivity index (χ0n) is 16.5. The van der Waals surface area contributed by atoms with Gasteiger partial charge in [0.15, 0.2) is 5.96 Å². The van der Waals surface area contributed by atoms with Crippen LogP contribution in [0.25, 0.3) is 0 Å². The molecule has 0 unspecified atom stereocenters. The molecule has 0 aromatic heterocycles. The van der Waals surface area contributed by atoms with E-state index in [9.17, 15) is 8.42 Å². The zero-order valence-corrected chi connectivity index (χ0v) is 17.3. The molecule has 0 aliphatic rings. The predicted molar refractivity (Wildman–Crippen MR) is 108 cm³/mol. The Morgan fingerprint density at radius 3 is 2.38 bits per heavy atom. The van der Waals surface area contributed by atoms with Gasteiger partial charge in [-0.1, -0.05) is 12.1 Å². The quantitative estimate of drug-likeness (QED) is 0.443. The minimum atomic E-state index is -3.70. The molecule has 1 aromatic rings. The highest BCUT2D eigenvalue weighted by Gasteiger charge is 2.12. The first-order valence-electron chi connectivity index (χ1n) is 9.04. The van der Waals surface area contributed by atoms with Crippen LogP contribution in [0.3, 0.4) is 0 Å². The molecule has 0 saturated carbocycles. The van der Waals surface area contributed by atoms with Crippen LogP contribution in [0.2, 0.25) is 0 Å². The predicted octanol–water partition coefficient (Wildman–Crippen LogP) is 1.51. The van der Waals surface area contributed by atoms with Gasteiger partial charge >= 0.3 is 0 Å². The van der Waals surface area contributed by atoms with Gasteiger partial charge in [0.1, 0.15) is 0 Å². The van der Waals surface area contributed by atoms with Crippen molar-refractivity contribution in [3.8, 4) is 0 Å². The van der Waals surface area contributed by atoms with E-state index in [0.29, 0.717) is 24.6 Å². The van der Waals surface area contributed by atoms with E-state index in [0.717, 1.165) is 25.2 Å². The second-order valence-electron chi connectivity index (χ2n) is 6.74. The monoisotopic (exact) mass is 383 g/mol. The van der Waals surface area contributed by atoms with Crippen molar-refractivity contribution in [3.63, 3.8) is 0 Å². The molecule has 0 heterocycles. The molecular formula is C18H33N5O2S. The lowest BCUT2D eigenvalue weighted by atomic mass is 10.2. The third kappa shape index (κ3) is 7.72. The Balaban J connectivity index is 2.72. The Hall–Kier alpha value is -1.64. The highest BCUT2D eigenvalue weighted by Crippen LogP contribution is 2.10. The molecule has 0 aliphatic carbocycles. The van der Waals surface area contributed by atoms with E-state index in [1.807, 2.05) is 13.0 Å². The molecule has 0 atom stereocenters. The third-order valence-electron chi connectivity index (χ3n) is 3.98. The molecule has 1 rings (SSSR count). The molecule has 1 aromatic carbocycles. The minimum Gasteiger partial charge on any atom is -0.357 e.